The quantitative estimate of drug-likeness (QED) is 0.933. The Kier molecular flexibility index (Phi) is 5.04. The van der Waals surface area contributed by atoms with Gasteiger partial charge in [0.05, 0.1) is 6.54 Å². The summed E-state index contributed by atoms with van der Waals surface area (Å²) in [6, 6.07) is 4.01. The zero-order valence-electron chi connectivity index (χ0n) is 13.0. The summed E-state index contributed by atoms with van der Waals surface area (Å²) in [5.41, 5.74) is -0.339. The highest BCUT2D eigenvalue weighted by molar-refractivity contribution is 7.09. The smallest absolute Gasteiger partial charge is 0.227 e. The Morgan fingerprint density at radius 2 is 2.00 bits per heavy atom. The minimum Gasteiger partial charge on any atom is -0.351 e. The highest BCUT2D eigenvalue weighted by atomic mass is 32.1. The average molecular weight is 308 g/mol. The summed E-state index contributed by atoms with van der Waals surface area (Å²) in [6.07, 6.45) is 1.52. The van der Waals surface area contributed by atoms with E-state index in [1.54, 1.807) is 11.3 Å². The molecule has 5 heteroatoms. The van der Waals surface area contributed by atoms with Gasteiger partial charge in [-0.05, 0) is 24.3 Å². The minimum atomic E-state index is -0.339. The molecule has 0 atom stereocenters. The van der Waals surface area contributed by atoms with Crippen molar-refractivity contribution in [3.05, 3.63) is 22.4 Å². The van der Waals surface area contributed by atoms with Crippen molar-refractivity contribution in [1.29, 1.82) is 0 Å². The van der Waals surface area contributed by atoms with Crippen molar-refractivity contribution in [2.24, 2.45) is 11.3 Å². The van der Waals surface area contributed by atoms with Gasteiger partial charge in [0.15, 0.2) is 0 Å². The van der Waals surface area contributed by atoms with E-state index in [0.29, 0.717) is 19.6 Å². The molecule has 1 saturated heterocycles. The topological polar surface area (TPSA) is 49.4 Å². The third-order valence-corrected chi connectivity index (χ3v) is 4.69. The first-order chi connectivity index (χ1) is 9.88. The normalized spacial score (nSPS) is 16.8. The molecule has 0 saturated carbocycles. The van der Waals surface area contributed by atoms with Gasteiger partial charge in [-0.25, -0.2) is 0 Å². The fraction of sp³-hybridized carbons (Fsp3) is 0.625. The molecule has 2 rings (SSSR count). The van der Waals surface area contributed by atoms with E-state index < -0.39 is 0 Å². The van der Waals surface area contributed by atoms with Crippen molar-refractivity contribution >= 4 is 23.2 Å². The van der Waals surface area contributed by atoms with Crippen LogP contribution in [0.5, 0.6) is 0 Å². The van der Waals surface area contributed by atoms with Crippen molar-refractivity contribution in [2.45, 2.75) is 40.2 Å². The number of carbonyl (C=O) groups is 2. The van der Waals surface area contributed by atoms with Gasteiger partial charge >= 0.3 is 0 Å². The van der Waals surface area contributed by atoms with Gasteiger partial charge in [0, 0.05) is 29.3 Å². The van der Waals surface area contributed by atoms with Gasteiger partial charge < -0.3 is 10.2 Å². The lowest BCUT2D eigenvalue weighted by Crippen LogP contribution is -2.46. The molecule has 21 heavy (non-hydrogen) atoms. The van der Waals surface area contributed by atoms with Gasteiger partial charge in [-0.15, -0.1) is 11.3 Å². The summed E-state index contributed by atoms with van der Waals surface area (Å²) >= 11 is 1.65. The van der Waals surface area contributed by atoms with Crippen molar-refractivity contribution in [2.75, 3.05) is 13.1 Å². The molecule has 4 nitrogen and oxygen atoms in total. The van der Waals surface area contributed by atoms with Gasteiger partial charge in [0.2, 0.25) is 11.8 Å². The molecule has 0 aromatic carbocycles. The first-order valence-corrected chi connectivity index (χ1v) is 8.35. The highest BCUT2D eigenvalue weighted by Gasteiger charge is 2.32. The summed E-state index contributed by atoms with van der Waals surface area (Å²) in [6.45, 7) is 7.80. The third kappa shape index (κ3) is 4.30. The van der Waals surface area contributed by atoms with E-state index >= 15 is 0 Å². The van der Waals surface area contributed by atoms with Crippen LogP contribution in [0.15, 0.2) is 17.5 Å². The lowest BCUT2D eigenvalue weighted by atomic mass is 9.90. The number of amides is 2. The van der Waals surface area contributed by atoms with Crippen molar-refractivity contribution in [3.8, 4) is 0 Å². The largest absolute Gasteiger partial charge is 0.351 e. The molecule has 1 aliphatic rings. The van der Waals surface area contributed by atoms with Crippen LogP contribution in [0.4, 0.5) is 0 Å². The maximum Gasteiger partial charge on any atom is 0.227 e. The van der Waals surface area contributed by atoms with E-state index in [0.717, 1.165) is 12.8 Å². The van der Waals surface area contributed by atoms with E-state index in [-0.39, 0.29) is 23.1 Å². The van der Waals surface area contributed by atoms with Crippen molar-refractivity contribution in [1.82, 2.24) is 10.2 Å². The molecule has 0 radical (unpaired) electrons. The van der Waals surface area contributed by atoms with Gasteiger partial charge in [0.1, 0.15) is 0 Å². The number of carbonyl (C=O) groups excluding carboxylic acids is 2. The molecule has 1 aromatic rings. The molecule has 1 fully saturated rings. The van der Waals surface area contributed by atoms with Crippen LogP contribution in [0, 0.1) is 11.3 Å². The summed E-state index contributed by atoms with van der Waals surface area (Å²) in [4.78, 5) is 27.4. The Hall–Kier alpha value is -1.36. The lowest BCUT2D eigenvalue weighted by molar-refractivity contribution is -0.142. The second-order valence-electron chi connectivity index (χ2n) is 6.61. The molecular formula is C16H24N2O2S. The first kappa shape index (κ1) is 16.0. The maximum absolute atomic E-state index is 12.2. The zero-order valence-corrected chi connectivity index (χ0v) is 13.8. The molecule has 2 amide bonds. The molecule has 0 spiro atoms. The summed E-state index contributed by atoms with van der Waals surface area (Å²) in [5.74, 6) is 0.334. The predicted molar refractivity (Wildman–Crippen MR) is 84.9 cm³/mol. The molecule has 2 heterocycles. The lowest BCUT2D eigenvalue weighted by Gasteiger charge is -2.35. The molecule has 0 bridgehead atoms. The summed E-state index contributed by atoms with van der Waals surface area (Å²) < 4.78 is 0. The first-order valence-electron chi connectivity index (χ1n) is 7.47. The van der Waals surface area contributed by atoms with Crippen LogP contribution >= 0.6 is 11.3 Å². The third-order valence-electron chi connectivity index (χ3n) is 3.81. The number of hydrogen-bond donors (Lipinski definition) is 1. The number of likely N-dealkylation sites (tertiary alicyclic amines) is 1. The number of hydrogen-bond acceptors (Lipinski definition) is 3. The maximum atomic E-state index is 12.2. The number of nitrogens with zero attached hydrogens (tertiary/aromatic N) is 1. The molecule has 1 aromatic heterocycles. The summed E-state index contributed by atoms with van der Waals surface area (Å²) in [7, 11) is 0. The van der Waals surface area contributed by atoms with Crippen LogP contribution in [-0.2, 0) is 16.1 Å². The van der Waals surface area contributed by atoms with Crippen LogP contribution in [0.3, 0.4) is 0 Å². The Morgan fingerprint density at radius 1 is 1.33 bits per heavy atom. The fourth-order valence-electron chi connectivity index (χ4n) is 2.55. The standard InChI is InChI=1S/C16H24N2O2S/c1-16(2,3)15(20)18-8-6-12(7-9-18)14(19)17-11-13-5-4-10-21-13/h4-5,10,12H,6-9,11H2,1-3H3,(H,17,19). The highest BCUT2D eigenvalue weighted by Crippen LogP contribution is 2.23. The molecule has 1 N–H and O–H groups in total. The van der Waals surface area contributed by atoms with E-state index in [1.165, 1.54) is 4.88 Å². The van der Waals surface area contributed by atoms with Gasteiger partial charge in [-0.1, -0.05) is 26.8 Å². The number of piperidine rings is 1. The molecule has 0 aliphatic carbocycles. The van der Waals surface area contributed by atoms with E-state index in [4.69, 9.17) is 0 Å². The molecular weight excluding hydrogens is 284 g/mol. The Bertz CT molecular complexity index is 483. The zero-order chi connectivity index (χ0) is 15.5. The second kappa shape index (κ2) is 6.60. The van der Waals surface area contributed by atoms with Crippen LogP contribution in [0.25, 0.3) is 0 Å². The van der Waals surface area contributed by atoms with Crippen molar-refractivity contribution in [3.63, 3.8) is 0 Å². The molecule has 0 unspecified atom stereocenters. The van der Waals surface area contributed by atoms with Gasteiger partial charge in [-0.2, -0.15) is 0 Å². The SMILES string of the molecule is CC(C)(C)C(=O)N1CCC(C(=O)NCc2cccs2)CC1. The Labute approximate surface area is 130 Å². The Balaban J connectivity index is 1.78. The van der Waals surface area contributed by atoms with Gasteiger partial charge in [-0.3, -0.25) is 9.59 Å². The van der Waals surface area contributed by atoms with Crippen LogP contribution in [0.2, 0.25) is 0 Å². The van der Waals surface area contributed by atoms with Crippen LogP contribution in [0.1, 0.15) is 38.5 Å². The molecule has 116 valence electrons. The average Bonchev–Trinajstić information content (AvgIpc) is 2.96. The second-order valence-corrected chi connectivity index (χ2v) is 7.65. The van der Waals surface area contributed by atoms with Crippen LogP contribution in [-0.4, -0.2) is 29.8 Å². The Morgan fingerprint density at radius 3 is 2.52 bits per heavy atom. The number of nitrogens with one attached hydrogen (secondary N) is 1. The van der Waals surface area contributed by atoms with E-state index in [1.807, 2.05) is 43.2 Å². The van der Waals surface area contributed by atoms with E-state index in [9.17, 15) is 9.59 Å². The predicted octanol–water partition coefficient (Wildman–Crippen LogP) is 2.65. The van der Waals surface area contributed by atoms with Gasteiger partial charge in [0.25, 0.3) is 0 Å². The molecule has 1 aliphatic heterocycles. The minimum absolute atomic E-state index is 0.0361. The monoisotopic (exact) mass is 308 g/mol. The van der Waals surface area contributed by atoms with Crippen LogP contribution < -0.4 is 5.32 Å². The van der Waals surface area contributed by atoms with Crippen molar-refractivity contribution < 1.29 is 9.59 Å². The summed E-state index contributed by atoms with van der Waals surface area (Å²) in [5, 5.41) is 5.01. The fourth-order valence-corrected chi connectivity index (χ4v) is 3.20. The number of thiophene rings is 1. The van der Waals surface area contributed by atoms with E-state index in [2.05, 4.69) is 5.32 Å². The number of rotatable bonds is 3.